The Morgan fingerprint density at radius 3 is 2.03 bits per heavy atom. The molecular weight excluding hydrogens is 384 g/mol. The van der Waals surface area contributed by atoms with E-state index in [4.69, 9.17) is 5.10 Å². The van der Waals surface area contributed by atoms with Crippen LogP contribution in [0.1, 0.15) is 5.56 Å². The lowest BCUT2D eigenvalue weighted by molar-refractivity contribution is 0.838. The van der Waals surface area contributed by atoms with Crippen LogP contribution in [0.25, 0.3) is 35.3 Å². The molecule has 5 rings (SSSR count). The number of hydrogen-bond donors (Lipinski definition) is 1. The molecule has 0 saturated carbocycles. The molecule has 0 unspecified atom stereocenters. The molecule has 0 aliphatic carbocycles. The van der Waals surface area contributed by atoms with Gasteiger partial charge in [0.2, 0.25) is 0 Å². The molecule has 31 heavy (non-hydrogen) atoms. The molecule has 2 heterocycles. The summed E-state index contributed by atoms with van der Waals surface area (Å²) in [6.07, 6.45) is 3.80. The average molecular weight is 404 g/mol. The molecule has 150 valence electrons. The highest BCUT2D eigenvalue weighted by Crippen LogP contribution is 2.24. The van der Waals surface area contributed by atoms with Gasteiger partial charge >= 0.3 is 0 Å². The quantitative estimate of drug-likeness (QED) is 0.500. The van der Waals surface area contributed by atoms with Crippen LogP contribution in [0.15, 0.2) is 102 Å². The molecular formula is C26H20N4O. The van der Waals surface area contributed by atoms with Gasteiger partial charge in [0.05, 0.1) is 27.6 Å². The van der Waals surface area contributed by atoms with Gasteiger partial charge in [0.15, 0.2) is 0 Å². The molecule has 0 amide bonds. The first kappa shape index (κ1) is 18.6. The zero-order valence-corrected chi connectivity index (χ0v) is 16.8. The second kappa shape index (κ2) is 7.80. The van der Waals surface area contributed by atoms with Crippen LogP contribution in [-0.2, 0) is 0 Å². The predicted octanol–water partition coefficient (Wildman–Crippen LogP) is 3.26. The number of para-hydroxylation sites is 2. The number of H-pyrrole nitrogens is 1. The maximum absolute atomic E-state index is 13.2. The Labute approximate surface area is 178 Å². The zero-order valence-electron chi connectivity index (χ0n) is 16.8. The van der Waals surface area contributed by atoms with Crippen LogP contribution >= 0.6 is 0 Å². The van der Waals surface area contributed by atoms with E-state index < -0.39 is 0 Å². The first-order valence-electron chi connectivity index (χ1n) is 9.98. The van der Waals surface area contributed by atoms with Crippen LogP contribution in [0.2, 0.25) is 0 Å². The summed E-state index contributed by atoms with van der Waals surface area (Å²) >= 11 is 0. The number of benzene rings is 3. The molecule has 0 saturated heterocycles. The Balaban J connectivity index is 1.72. The third-order valence-electron chi connectivity index (χ3n) is 5.13. The van der Waals surface area contributed by atoms with Crippen LogP contribution in [0.4, 0.5) is 0 Å². The Bertz CT molecular complexity index is 1490. The zero-order chi connectivity index (χ0) is 21.2. The molecule has 0 radical (unpaired) electrons. The van der Waals surface area contributed by atoms with Gasteiger partial charge in [0, 0.05) is 17.3 Å². The van der Waals surface area contributed by atoms with Gasteiger partial charge in [-0.05, 0) is 30.3 Å². The molecule has 0 aliphatic heterocycles. The minimum atomic E-state index is -0.150. The van der Waals surface area contributed by atoms with Crippen molar-refractivity contribution in [2.75, 3.05) is 0 Å². The minimum Gasteiger partial charge on any atom is -0.291 e. The first-order chi connectivity index (χ1) is 15.2. The fourth-order valence-electron chi connectivity index (χ4n) is 3.58. The van der Waals surface area contributed by atoms with Crippen molar-refractivity contribution >= 4 is 12.7 Å². The smallest absolute Gasteiger partial charge is 0.279 e. The minimum absolute atomic E-state index is 0.150. The van der Waals surface area contributed by atoms with Gasteiger partial charge in [0.25, 0.3) is 5.56 Å². The monoisotopic (exact) mass is 404 g/mol. The molecule has 5 heteroatoms. The Morgan fingerprint density at radius 2 is 1.39 bits per heavy atom. The number of nitrogens with zero attached hydrogens (tertiary/aromatic N) is 3. The summed E-state index contributed by atoms with van der Waals surface area (Å²) in [5.74, 6) is 0. The van der Waals surface area contributed by atoms with Crippen molar-refractivity contribution in [2.45, 2.75) is 0 Å². The lowest BCUT2D eigenvalue weighted by atomic mass is 10.1. The van der Waals surface area contributed by atoms with Crippen molar-refractivity contribution in [1.82, 2.24) is 19.6 Å². The van der Waals surface area contributed by atoms with Gasteiger partial charge in [-0.25, -0.2) is 9.36 Å². The highest BCUT2D eigenvalue weighted by atomic mass is 16.1. The molecule has 1 N–H and O–H groups in total. The summed E-state index contributed by atoms with van der Waals surface area (Å²) in [6, 6.07) is 29.3. The summed E-state index contributed by atoms with van der Waals surface area (Å²) in [4.78, 5) is 13.2. The maximum atomic E-state index is 13.2. The van der Waals surface area contributed by atoms with Gasteiger partial charge < -0.3 is 0 Å². The number of nitrogens with one attached hydrogen (secondary N) is 1. The maximum Gasteiger partial charge on any atom is 0.279 e. The van der Waals surface area contributed by atoms with E-state index in [1.54, 1.807) is 0 Å². The van der Waals surface area contributed by atoms with Crippen LogP contribution in [0, 0.1) is 0 Å². The second-order valence-electron chi connectivity index (χ2n) is 7.20. The lowest BCUT2D eigenvalue weighted by Gasteiger charge is -2.00. The number of aromatic nitrogens is 4. The van der Waals surface area contributed by atoms with Crippen molar-refractivity contribution in [1.29, 1.82) is 0 Å². The SMILES string of the molecule is C=c1[nH]n(-c2ccccc2)c(=O)/c1=C\c1cn(-c2ccccc2)nc1-c1ccccc1. The van der Waals surface area contributed by atoms with Crippen LogP contribution < -0.4 is 16.1 Å². The van der Waals surface area contributed by atoms with Gasteiger partial charge in [-0.2, -0.15) is 5.10 Å². The third kappa shape index (κ3) is 3.53. The van der Waals surface area contributed by atoms with Crippen LogP contribution in [0.3, 0.4) is 0 Å². The van der Waals surface area contributed by atoms with Crippen molar-refractivity contribution in [3.63, 3.8) is 0 Å². The van der Waals surface area contributed by atoms with Crippen molar-refractivity contribution in [3.05, 3.63) is 124 Å². The van der Waals surface area contributed by atoms with Crippen molar-refractivity contribution < 1.29 is 0 Å². The molecule has 0 aliphatic rings. The van der Waals surface area contributed by atoms with E-state index >= 15 is 0 Å². The van der Waals surface area contributed by atoms with E-state index in [9.17, 15) is 4.79 Å². The number of rotatable bonds is 4. The van der Waals surface area contributed by atoms with Crippen molar-refractivity contribution in [3.8, 4) is 22.6 Å². The number of hydrogen-bond acceptors (Lipinski definition) is 2. The summed E-state index contributed by atoms with van der Waals surface area (Å²) in [6.45, 7) is 4.06. The van der Waals surface area contributed by atoms with Gasteiger partial charge in [0.1, 0.15) is 0 Å². The summed E-state index contributed by atoms with van der Waals surface area (Å²) < 4.78 is 3.34. The molecule has 0 bridgehead atoms. The Morgan fingerprint density at radius 1 is 0.806 bits per heavy atom. The average Bonchev–Trinajstić information content (AvgIpc) is 3.37. The highest BCUT2D eigenvalue weighted by Gasteiger charge is 2.12. The fraction of sp³-hybridized carbons (Fsp3) is 0. The normalized spacial score (nSPS) is 11.7. The van der Waals surface area contributed by atoms with Crippen LogP contribution in [0.5, 0.6) is 0 Å². The molecule has 0 fully saturated rings. The van der Waals surface area contributed by atoms with Gasteiger partial charge in [-0.15, -0.1) is 0 Å². The second-order valence-corrected chi connectivity index (χ2v) is 7.20. The molecule has 5 nitrogen and oxygen atoms in total. The van der Waals surface area contributed by atoms with Crippen molar-refractivity contribution in [2.24, 2.45) is 0 Å². The van der Waals surface area contributed by atoms with E-state index in [-0.39, 0.29) is 5.56 Å². The summed E-state index contributed by atoms with van der Waals surface area (Å²) in [7, 11) is 0. The largest absolute Gasteiger partial charge is 0.291 e. The van der Waals surface area contributed by atoms with E-state index in [1.165, 1.54) is 4.68 Å². The molecule has 3 aromatic carbocycles. The summed E-state index contributed by atoms with van der Waals surface area (Å²) in [5, 5.41) is 8.96. The lowest BCUT2D eigenvalue weighted by Crippen LogP contribution is -2.33. The fourth-order valence-corrected chi connectivity index (χ4v) is 3.58. The van der Waals surface area contributed by atoms with E-state index in [1.807, 2.05) is 108 Å². The first-order valence-corrected chi connectivity index (χ1v) is 9.98. The molecule has 0 spiro atoms. The van der Waals surface area contributed by atoms with E-state index in [0.717, 1.165) is 28.2 Å². The number of aromatic amines is 1. The topological polar surface area (TPSA) is 55.6 Å². The standard InChI is InChI=1S/C26H20N4O/c1-19-24(26(31)30(27-19)23-15-9-4-10-16-23)17-21-18-29(22-13-7-3-8-14-22)28-25(21)20-11-5-2-6-12-20/h2-18,27H,1H2/b24-17-. The Kier molecular flexibility index (Phi) is 4.69. The van der Waals surface area contributed by atoms with Gasteiger partial charge in [-0.1, -0.05) is 73.3 Å². The molecule has 2 aromatic heterocycles. The third-order valence-corrected chi connectivity index (χ3v) is 5.13. The van der Waals surface area contributed by atoms with Gasteiger partial charge in [-0.3, -0.25) is 9.89 Å². The predicted molar refractivity (Wildman–Crippen MR) is 124 cm³/mol. The van der Waals surface area contributed by atoms with E-state index in [2.05, 4.69) is 11.7 Å². The molecule has 0 atom stereocenters. The molecule has 5 aromatic rings. The highest BCUT2D eigenvalue weighted by molar-refractivity contribution is 5.71. The van der Waals surface area contributed by atoms with Crippen LogP contribution in [-0.4, -0.2) is 19.6 Å². The van der Waals surface area contributed by atoms with E-state index in [0.29, 0.717) is 10.6 Å². The summed E-state index contributed by atoms with van der Waals surface area (Å²) in [5.41, 5.74) is 4.19. The Hall–Kier alpha value is -4.38.